The van der Waals surface area contributed by atoms with Crippen molar-refractivity contribution in [1.82, 2.24) is 0 Å². The Morgan fingerprint density at radius 2 is 1.48 bits per heavy atom. The number of ether oxygens (including phenoxy) is 3. The van der Waals surface area contributed by atoms with Crippen LogP contribution in [-0.4, -0.2) is 38.4 Å². The van der Waals surface area contributed by atoms with Gasteiger partial charge in [0.15, 0.2) is 12.4 Å². The van der Waals surface area contributed by atoms with E-state index in [0.717, 1.165) is 0 Å². The van der Waals surface area contributed by atoms with E-state index in [0.29, 0.717) is 22.1 Å². The van der Waals surface area contributed by atoms with Gasteiger partial charge in [-0.05, 0) is 48.5 Å². The zero-order chi connectivity index (χ0) is 22.4. The molecule has 0 radical (unpaired) electrons. The molecule has 31 heavy (non-hydrogen) atoms. The fourth-order valence-corrected chi connectivity index (χ4v) is 3.06. The van der Waals surface area contributed by atoms with Gasteiger partial charge in [-0.1, -0.05) is 29.8 Å². The summed E-state index contributed by atoms with van der Waals surface area (Å²) in [5.74, 6) is -0.807. The predicted molar refractivity (Wildman–Crippen MR) is 115 cm³/mol. The number of hydrogen-bond acceptors (Lipinski definition) is 6. The van der Waals surface area contributed by atoms with Crippen LogP contribution in [-0.2, 0) is 4.74 Å². The molecule has 0 aliphatic heterocycles. The normalized spacial score (nSPS) is 10.3. The lowest BCUT2D eigenvalue weighted by Gasteiger charge is -2.11. The molecule has 0 heterocycles. The van der Waals surface area contributed by atoms with E-state index < -0.39 is 18.4 Å². The highest BCUT2D eigenvalue weighted by molar-refractivity contribution is 6.30. The lowest BCUT2D eigenvalue weighted by molar-refractivity contribution is 0.0472. The molecule has 0 fully saturated rings. The van der Waals surface area contributed by atoms with Crippen LogP contribution in [0.2, 0.25) is 5.02 Å². The van der Waals surface area contributed by atoms with Crippen molar-refractivity contribution in [3.8, 4) is 11.5 Å². The summed E-state index contributed by atoms with van der Waals surface area (Å²) in [7, 11) is 2.91. The molecule has 3 rings (SSSR count). The second kappa shape index (κ2) is 9.91. The van der Waals surface area contributed by atoms with Crippen molar-refractivity contribution in [2.75, 3.05) is 20.8 Å². The maximum absolute atomic E-state index is 12.8. The van der Waals surface area contributed by atoms with E-state index >= 15 is 0 Å². The van der Waals surface area contributed by atoms with Crippen LogP contribution in [0.1, 0.15) is 36.6 Å². The van der Waals surface area contributed by atoms with Crippen LogP contribution in [0, 0.1) is 0 Å². The number of rotatable bonds is 8. The summed E-state index contributed by atoms with van der Waals surface area (Å²) >= 11 is 5.87. The van der Waals surface area contributed by atoms with E-state index in [2.05, 4.69) is 0 Å². The van der Waals surface area contributed by atoms with Crippen molar-refractivity contribution in [2.45, 2.75) is 0 Å². The Bertz CT molecular complexity index is 1120. The number of carbonyl (C=O) groups is 3. The number of carbonyl (C=O) groups excluding carboxylic acids is 3. The summed E-state index contributed by atoms with van der Waals surface area (Å²) in [6, 6.07) is 17.3. The van der Waals surface area contributed by atoms with Crippen molar-refractivity contribution in [3.05, 3.63) is 94.0 Å². The number of Topliss-reactive ketones (excluding diaryl/α,β-unsaturated/α-hetero) is 1. The number of hydrogen-bond donors (Lipinski definition) is 0. The van der Waals surface area contributed by atoms with Gasteiger partial charge < -0.3 is 14.2 Å². The minimum atomic E-state index is -0.784. The topological polar surface area (TPSA) is 78.9 Å². The van der Waals surface area contributed by atoms with Crippen LogP contribution in [0.15, 0.2) is 66.7 Å². The molecule has 3 aromatic rings. The summed E-state index contributed by atoms with van der Waals surface area (Å²) in [6.07, 6.45) is 0. The number of ketones is 2. The van der Waals surface area contributed by atoms with Gasteiger partial charge in [-0.25, -0.2) is 4.79 Å². The molecule has 0 saturated heterocycles. The fraction of sp³-hybridized carbons (Fsp3) is 0.125. The van der Waals surface area contributed by atoms with Crippen LogP contribution in [0.5, 0.6) is 11.5 Å². The standard InChI is InChI=1S/C24H19ClO6/c1-29-17-11-12-22(30-2)20(13-17)21(26)14-31-24(28)19-6-4-3-5-18(19)23(27)15-7-9-16(25)10-8-15/h3-13H,14H2,1-2H3. The molecule has 0 aromatic heterocycles. The molecule has 0 unspecified atom stereocenters. The van der Waals surface area contributed by atoms with Gasteiger partial charge in [-0.2, -0.15) is 0 Å². The van der Waals surface area contributed by atoms with Crippen LogP contribution in [0.4, 0.5) is 0 Å². The SMILES string of the molecule is COc1ccc(OC)c(C(=O)COC(=O)c2ccccc2C(=O)c2ccc(Cl)cc2)c1. The van der Waals surface area contributed by atoms with Gasteiger partial charge >= 0.3 is 5.97 Å². The predicted octanol–water partition coefficient (Wildman–Crippen LogP) is 4.63. The molecule has 0 atom stereocenters. The molecule has 7 heteroatoms. The number of methoxy groups -OCH3 is 2. The Balaban J connectivity index is 1.78. The molecule has 0 amide bonds. The lowest BCUT2D eigenvalue weighted by Crippen LogP contribution is -2.17. The Labute approximate surface area is 184 Å². The Morgan fingerprint density at radius 1 is 0.806 bits per heavy atom. The smallest absolute Gasteiger partial charge is 0.339 e. The quantitative estimate of drug-likeness (QED) is 0.377. The van der Waals surface area contributed by atoms with Crippen molar-refractivity contribution in [2.24, 2.45) is 0 Å². The van der Waals surface area contributed by atoms with Gasteiger partial charge in [-0.15, -0.1) is 0 Å². The second-order valence-corrected chi connectivity index (χ2v) is 6.88. The van der Waals surface area contributed by atoms with Crippen LogP contribution >= 0.6 is 11.6 Å². The van der Waals surface area contributed by atoms with Crippen LogP contribution in [0.3, 0.4) is 0 Å². The third kappa shape index (κ3) is 5.10. The summed E-state index contributed by atoms with van der Waals surface area (Å²) in [5.41, 5.74) is 0.830. The fourth-order valence-electron chi connectivity index (χ4n) is 2.93. The monoisotopic (exact) mass is 438 g/mol. The van der Waals surface area contributed by atoms with Gasteiger partial charge in [0.2, 0.25) is 5.78 Å². The lowest BCUT2D eigenvalue weighted by atomic mass is 9.98. The molecule has 0 N–H and O–H groups in total. The van der Waals surface area contributed by atoms with Gasteiger partial charge in [0, 0.05) is 16.1 Å². The van der Waals surface area contributed by atoms with Crippen LogP contribution < -0.4 is 9.47 Å². The Morgan fingerprint density at radius 3 is 2.13 bits per heavy atom. The molecule has 3 aromatic carbocycles. The number of esters is 1. The van der Waals surface area contributed by atoms with E-state index in [4.69, 9.17) is 25.8 Å². The first-order valence-corrected chi connectivity index (χ1v) is 9.64. The van der Waals surface area contributed by atoms with E-state index in [-0.39, 0.29) is 22.5 Å². The maximum atomic E-state index is 12.8. The summed E-state index contributed by atoms with van der Waals surface area (Å²) in [6.45, 7) is -0.522. The summed E-state index contributed by atoms with van der Waals surface area (Å²) in [5, 5.41) is 0.496. The first-order chi connectivity index (χ1) is 14.9. The van der Waals surface area contributed by atoms with E-state index in [1.54, 1.807) is 48.5 Å². The Kier molecular flexibility index (Phi) is 7.05. The molecule has 0 spiro atoms. The van der Waals surface area contributed by atoms with Gasteiger partial charge in [-0.3, -0.25) is 9.59 Å². The van der Waals surface area contributed by atoms with Crippen molar-refractivity contribution < 1.29 is 28.6 Å². The van der Waals surface area contributed by atoms with E-state index in [1.165, 1.54) is 32.4 Å². The molecule has 0 aliphatic rings. The molecule has 0 aliphatic carbocycles. The Hall–Kier alpha value is -3.64. The zero-order valence-electron chi connectivity index (χ0n) is 16.9. The molecule has 6 nitrogen and oxygen atoms in total. The molecule has 0 bridgehead atoms. The average molecular weight is 439 g/mol. The van der Waals surface area contributed by atoms with E-state index in [1.807, 2.05) is 0 Å². The van der Waals surface area contributed by atoms with Gasteiger partial charge in [0.1, 0.15) is 11.5 Å². The van der Waals surface area contributed by atoms with Crippen molar-refractivity contribution >= 4 is 29.1 Å². The number of benzene rings is 3. The van der Waals surface area contributed by atoms with Gasteiger partial charge in [0.25, 0.3) is 0 Å². The minimum Gasteiger partial charge on any atom is -0.497 e. The van der Waals surface area contributed by atoms with Crippen LogP contribution in [0.25, 0.3) is 0 Å². The van der Waals surface area contributed by atoms with E-state index in [9.17, 15) is 14.4 Å². The summed E-state index contributed by atoms with van der Waals surface area (Å²) < 4.78 is 15.5. The maximum Gasteiger partial charge on any atom is 0.339 e. The third-order valence-electron chi connectivity index (χ3n) is 4.54. The first kappa shape index (κ1) is 22.1. The molecule has 158 valence electrons. The highest BCUT2D eigenvalue weighted by Gasteiger charge is 2.21. The second-order valence-electron chi connectivity index (χ2n) is 6.45. The summed E-state index contributed by atoms with van der Waals surface area (Å²) in [4.78, 5) is 38.1. The highest BCUT2D eigenvalue weighted by atomic mass is 35.5. The minimum absolute atomic E-state index is 0.0628. The van der Waals surface area contributed by atoms with Gasteiger partial charge in [0.05, 0.1) is 25.3 Å². The van der Waals surface area contributed by atoms with Crippen molar-refractivity contribution in [3.63, 3.8) is 0 Å². The molecular formula is C24H19ClO6. The van der Waals surface area contributed by atoms with Crippen molar-refractivity contribution in [1.29, 1.82) is 0 Å². The number of halogens is 1. The molecular weight excluding hydrogens is 420 g/mol. The average Bonchev–Trinajstić information content (AvgIpc) is 2.81. The largest absolute Gasteiger partial charge is 0.497 e. The highest BCUT2D eigenvalue weighted by Crippen LogP contribution is 2.25. The zero-order valence-corrected chi connectivity index (χ0v) is 17.6. The third-order valence-corrected chi connectivity index (χ3v) is 4.79. The first-order valence-electron chi connectivity index (χ1n) is 9.26. The molecule has 0 saturated carbocycles.